The molecular formula is C19H30IN7S. The summed E-state index contributed by atoms with van der Waals surface area (Å²) in [5.74, 6) is 4.24. The van der Waals surface area contributed by atoms with Gasteiger partial charge in [-0.05, 0) is 25.0 Å². The second-order valence-electron chi connectivity index (χ2n) is 7.36. The van der Waals surface area contributed by atoms with Crippen molar-refractivity contribution in [1.29, 1.82) is 0 Å². The zero-order valence-corrected chi connectivity index (χ0v) is 19.6. The van der Waals surface area contributed by atoms with Crippen LogP contribution in [0.4, 0.5) is 0 Å². The second kappa shape index (κ2) is 10.1. The summed E-state index contributed by atoms with van der Waals surface area (Å²) in [5, 5.41) is 15.5. The van der Waals surface area contributed by atoms with Gasteiger partial charge in [-0.3, -0.25) is 14.3 Å². The van der Waals surface area contributed by atoms with Crippen LogP contribution < -0.4 is 10.6 Å². The van der Waals surface area contributed by atoms with Gasteiger partial charge in [0.1, 0.15) is 0 Å². The Balaban J connectivity index is 0.00000225. The largest absolute Gasteiger partial charge is 0.355 e. The van der Waals surface area contributed by atoms with Gasteiger partial charge >= 0.3 is 0 Å². The van der Waals surface area contributed by atoms with Gasteiger partial charge < -0.3 is 10.6 Å². The van der Waals surface area contributed by atoms with Gasteiger partial charge in [-0.2, -0.15) is 11.8 Å². The molecule has 2 aromatic heterocycles. The number of hydrogen-bond acceptors (Lipinski definition) is 5. The van der Waals surface area contributed by atoms with Crippen LogP contribution >= 0.6 is 35.7 Å². The summed E-state index contributed by atoms with van der Waals surface area (Å²) in [5.41, 5.74) is 1.16. The van der Waals surface area contributed by atoms with Crippen LogP contribution in [-0.2, 0) is 6.54 Å². The Kier molecular flexibility index (Phi) is 7.81. The predicted molar refractivity (Wildman–Crippen MR) is 127 cm³/mol. The first-order valence-corrected chi connectivity index (χ1v) is 11.0. The van der Waals surface area contributed by atoms with Crippen LogP contribution in [0.5, 0.6) is 0 Å². The van der Waals surface area contributed by atoms with Gasteiger partial charge in [-0.15, -0.1) is 34.2 Å². The third kappa shape index (κ3) is 4.73. The lowest BCUT2D eigenvalue weighted by Crippen LogP contribution is -2.57. The van der Waals surface area contributed by atoms with Crippen LogP contribution in [0.25, 0.3) is 5.65 Å². The molecule has 0 unspecified atom stereocenters. The lowest BCUT2D eigenvalue weighted by Gasteiger charge is -2.43. The van der Waals surface area contributed by atoms with Gasteiger partial charge in [0, 0.05) is 49.9 Å². The molecule has 1 saturated heterocycles. The number of aliphatic imine (C=N–C) groups is 1. The predicted octanol–water partition coefficient (Wildman–Crippen LogP) is 2.37. The maximum Gasteiger partial charge on any atom is 0.191 e. The third-order valence-electron chi connectivity index (χ3n) is 5.82. The quantitative estimate of drug-likeness (QED) is 0.362. The number of thioether (sulfide) groups is 1. The fourth-order valence-corrected chi connectivity index (χ4v) is 5.22. The van der Waals surface area contributed by atoms with E-state index in [1.165, 1.54) is 50.3 Å². The number of halogens is 1. The van der Waals surface area contributed by atoms with E-state index in [2.05, 4.69) is 42.5 Å². The van der Waals surface area contributed by atoms with Gasteiger partial charge in [0.05, 0.1) is 6.54 Å². The Bertz CT molecular complexity index is 781. The van der Waals surface area contributed by atoms with Crippen molar-refractivity contribution >= 4 is 47.3 Å². The van der Waals surface area contributed by atoms with E-state index in [0.717, 1.165) is 24.0 Å². The molecule has 0 bridgehead atoms. The van der Waals surface area contributed by atoms with Gasteiger partial charge in [-0.25, -0.2) is 0 Å². The van der Waals surface area contributed by atoms with Gasteiger partial charge in [-0.1, -0.05) is 18.9 Å². The summed E-state index contributed by atoms with van der Waals surface area (Å²) in [4.78, 5) is 7.14. The smallest absolute Gasteiger partial charge is 0.191 e. The molecule has 1 aliphatic heterocycles. The molecule has 2 fully saturated rings. The average Bonchev–Trinajstić information content (AvgIpc) is 3.37. The van der Waals surface area contributed by atoms with Crippen molar-refractivity contribution in [3.05, 3.63) is 30.2 Å². The molecule has 1 saturated carbocycles. The Morgan fingerprint density at radius 1 is 1.18 bits per heavy atom. The highest BCUT2D eigenvalue weighted by atomic mass is 127. The molecule has 2 N–H and O–H groups in total. The summed E-state index contributed by atoms with van der Waals surface area (Å²) >= 11 is 2.08. The number of nitrogens with zero attached hydrogens (tertiary/aromatic N) is 5. The number of rotatable bonds is 5. The maximum atomic E-state index is 4.42. The molecule has 9 heteroatoms. The molecule has 0 aromatic carbocycles. The van der Waals surface area contributed by atoms with Gasteiger partial charge in [0.15, 0.2) is 17.4 Å². The first-order valence-electron chi connectivity index (χ1n) is 9.87. The summed E-state index contributed by atoms with van der Waals surface area (Å²) in [6.07, 6.45) is 7.24. The van der Waals surface area contributed by atoms with E-state index in [1.54, 1.807) is 0 Å². The number of fused-ring (bicyclic) bond motifs is 1. The van der Waals surface area contributed by atoms with E-state index in [0.29, 0.717) is 12.1 Å². The van der Waals surface area contributed by atoms with Crippen molar-refractivity contribution in [2.75, 3.05) is 38.2 Å². The molecule has 0 radical (unpaired) electrons. The SMILES string of the molecule is CN=C(NCc1nnc2ccccn12)NCC1(N2CCSCC2)CCCC1.I. The molecule has 7 nitrogen and oxygen atoms in total. The van der Waals surface area contributed by atoms with E-state index in [-0.39, 0.29) is 24.0 Å². The van der Waals surface area contributed by atoms with Crippen LogP contribution in [-0.4, -0.2) is 69.2 Å². The van der Waals surface area contributed by atoms with Crippen molar-refractivity contribution in [1.82, 2.24) is 30.1 Å². The van der Waals surface area contributed by atoms with Crippen LogP contribution in [0, 0.1) is 0 Å². The summed E-state index contributed by atoms with van der Waals surface area (Å²) in [6, 6.07) is 5.93. The third-order valence-corrected chi connectivity index (χ3v) is 6.77. The van der Waals surface area contributed by atoms with Crippen molar-refractivity contribution in [3.63, 3.8) is 0 Å². The van der Waals surface area contributed by atoms with Crippen molar-refractivity contribution < 1.29 is 0 Å². The minimum atomic E-state index is 0. The van der Waals surface area contributed by atoms with E-state index < -0.39 is 0 Å². The minimum absolute atomic E-state index is 0. The van der Waals surface area contributed by atoms with Crippen LogP contribution in [0.1, 0.15) is 31.5 Å². The Morgan fingerprint density at radius 3 is 2.71 bits per heavy atom. The molecule has 4 rings (SSSR count). The number of guanidine groups is 1. The Hall–Kier alpha value is -1.07. The first-order chi connectivity index (χ1) is 13.3. The number of pyridine rings is 1. The number of aromatic nitrogens is 3. The molecule has 0 spiro atoms. The zero-order chi connectivity index (χ0) is 18.5. The zero-order valence-electron chi connectivity index (χ0n) is 16.4. The van der Waals surface area contributed by atoms with Crippen LogP contribution in [0.3, 0.4) is 0 Å². The first kappa shape index (κ1) is 21.6. The molecule has 154 valence electrons. The molecule has 2 aliphatic rings. The summed E-state index contributed by atoms with van der Waals surface area (Å²) in [6.45, 7) is 3.98. The molecule has 28 heavy (non-hydrogen) atoms. The molecule has 0 amide bonds. The second-order valence-corrected chi connectivity index (χ2v) is 8.58. The monoisotopic (exact) mass is 515 g/mol. The average molecular weight is 515 g/mol. The Morgan fingerprint density at radius 2 is 1.96 bits per heavy atom. The van der Waals surface area contributed by atoms with Crippen LogP contribution in [0.15, 0.2) is 29.4 Å². The topological polar surface area (TPSA) is 69.8 Å². The molecule has 1 aliphatic carbocycles. The molecule has 0 atom stereocenters. The minimum Gasteiger partial charge on any atom is -0.355 e. The Labute approximate surface area is 188 Å². The lowest BCUT2D eigenvalue weighted by atomic mass is 9.94. The molecule has 2 aromatic rings. The summed E-state index contributed by atoms with van der Waals surface area (Å²) in [7, 11) is 1.83. The van der Waals surface area contributed by atoms with Crippen molar-refractivity contribution in [2.45, 2.75) is 37.8 Å². The molecule has 3 heterocycles. The van der Waals surface area contributed by atoms with E-state index in [4.69, 9.17) is 0 Å². The van der Waals surface area contributed by atoms with Crippen LogP contribution in [0.2, 0.25) is 0 Å². The van der Waals surface area contributed by atoms with E-state index in [1.807, 2.05) is 35.8 Å². The van der Waals surface area contributed by atoms with Crippen molar-refractivity contribution in [3.8, 4) is 0 Å². The number of hydrogen-bond donors (Lipinski definition) is 2. The fourth-order valence-electron chi connectivity index (χ4n) is 4.32. The standard InChI is InChI=1S/C19H29N7S.HI/c1-20-18(21-14-17-24-23-16-6-2-5-9-26(16)17)22-15-19(7-3-4-8-19)25-10-12-27-13-11-25;/h2,5-6,9H,3-4,7-8,10-15H2,1H3,(H2,20,21,22);1H. The highest BCUT2D eigenvalue weighted by Gasteiger charge is 2.39. The van der Waals surface area contributed by atoms with E-state index >= 15 is 0 Å². The highest BCUT2D eigenvalue weighted by molar-refractivity contribution is 14.0. The van der Waals surface area contributed by atoms with E-state index in [9.17, 15) is 0 Å². The highest BCUT2D eigenvalue weighted by Crippen LogP contribution is 2.36. The molecular weight excluding hydrogens is 485 g/mol. The summed E-state index contributed by atoms with van der Waals surface area (Å²) < 4.78 is 2.00. The van der Waals surface area contributed by atoms with Crippen molar-refractivity contribution in [2.24, 2.45) is 4.99 Å². The lowest BCUT2D eigenvalue weighted by molar-refractivity contribution is 0.107. The fraction of sp³-hybridized carbons (Fsp3) is 0.632. The van der Waals surface area contributed by atoms with Gasteiger partial charge in [0.25, 0.3) is 0 Å². The normalized spacial score (nSPS) is 20.1. The maximum absolute atomic E-state index is 4.42. The number of nitrogens with one attached hydrogen (secondary N) is 2. The van der Waals surface area contributed by atoms with Gasteiger partial charge in [0.2, 0.25) is 0 Å².